The predicted octanol–water partition coefficient (Wildman–Crippen LogP) is 2.24. The van der Waals surface area contributed by atoms with Gasteiger partial charge in [-0.1, -0.05) is 15.9 Å². The highest BCUT2D eigenvalue weighted by Crippen LogP contribution is 2.14. The molecule has 1 atom stereocenters. The minimum absolute atomic E-state index is 0.122. The quantitative estimate of drug-likeness (QED) is 0.842. The van der Waals surface area contributed by atoms with Gasteiger partial charge < -0.3 is 9.64 Å². The molecular weight excluding hydrogens is 320 g/mol. The van der Waals surface area contributed by atoms with E-state index < -0.39 is 0 Å². The molecule has 0 spiro atoms. The predicted molar refractivity (Wildman–Crippen MR) is 83.0 cm³/mol. The number of carbonyl (C=O) groups is 1. The van der Waals surface area contributed by atoms with Gasteiger partial charge in [0.1, 0.15) is 0 Å². The molecule has 1 fully saturated rings. The zero-order valence-corrected chi connectivity index (χ0v) is 13.6. The average molecular weight is 341 g/mol. The molecule has 5 heteroatoms. The largest absolute Gasteiger partial charge is 0.383 e. The van der Waals surface area contributed by atoms with Crippen LogP contribution in [0.2, 0.25) is 0 Å². The molecule has 1 aliphatic heterocycles. The standard InChI is InChI=1S/C15H21BrN2O2/c1-12(11-20-2)17-7-9-18(10-8-17)15(19)13-3-5-14(16)6-4-13/h3-6,12H,7-11H2,1-2H3. The van der Waals surface area contributed by atoms with Crippen molar-refractivity contribution >= 4 is 21.8 Å². The molecule has 0 aliphatic carbocycles. The molecule has 20 heavy (non-hydrogen) atoms. The Hall–Kier alpha value is -0.910. The van der Waals surface area contributed by atoms with E-state index in [0.29, 0.717) is 6.04 Å². The van der Waals surface area contributed by atoms with E-state index in [2.05, 4.69) is 27.8 Å². The van der Waals surface area contributed by atoms with Gasteiger partial charge >= 0.3 is 0 Å². The Morgan fingerprint density at radius 2 is 1.85 bits per heavy atom. The molecule has 0 aromatic heterocycles. The van der Waals surface area contributed by atoms with E-state index in [-0.39, 0.29) is 5.91 Å². The Labute approximate surface area is 128 Å². The number of nitrogens with zero attached hydrogens (tertiary/aromatic N) is 2. The lowest BCUT2D eigenvalue weighted by Gasteiger charge is -2.37. The number of piperazine rings is 1. The lowest BCUT2D eigenvalue weighted by molar-refractivity contribution is 0.0449. The van der Waals surface area contributed by atoms with E-state index in [1.807, 2.05) is 29.2 Å². The Bertz CT molecular complexity index is 442. The number of rotatable bonds is 4. The molecule has 0 bridgehead atoms. The molecule has 0 saturated carbocycles. The second-order valence-corrected chi connectivity index (χ2v) is 6.06. The molecule has 0 radical (unpaired) electrons. The summed E-state index contributed by atoms with van der Waals surface area (Å²) in [5, 5.41) is 0. The second kappa shape index (κ2) is 7.20. The maximum absolute atomic E-state index is 12.4. The number of hydrogen-bond acceptors (Lipinski definition) is 3. The van der Waals surface area contributed by atoms with E-state index in [9.17, 15) is 4.79 Å². The molecular formula is C15H21BrN2O2. The third-order valence-electron chi connectivity index (χ3n) is 3.72. The number of amides is 1. The molecule has 1 aliphatic rings. The monoisotopic (exact) mass is 340 g/mol. The molecule has 1 aromatic carbocycles. The van der Waals surface area contributed by atoms with E-state index in [1.54, 1.807) is 7.11 Å². The van der Waals surface area contributed by atoms with Crippen LogP contribution in [0.3, 0.4) is 0 Å². The molecule has 0 N–H and O–H groups in total. The summed E-state index contributed by atoms with van der Waals surface area (Å²) in [6.07, 6.45) is 0. The molecule has 1 amide bonds. The van der Waals surface area contributed by atoms with Crippen LogP contribution >= 0.6 is 15.9 Å². The summed E-state index contributed by atoms with van der Waals surface area (Å²) in [7, 11) is 1.73. The highest BCUT2D eigenvalue weighted by Gasteiger charge is 2.24. The Kier molecular flexibility index (Phi) is 5.57. The van der Waals surface area contributed by atoms with E-state index in [0.717, 1.165) is 42.8 Å². The summed E-state index contributed by atoms with van der Waals surface area (Å²) < 4.78 is 6.18. The topological polar surface area (TPSA) is 32.8 Å². The third-order valence-corrected chi connectivity index (χ3v) is 4.25. The summed E-state index contributed by atoms with van der Waals surface area (Å²) in [5.74, 6) is 0.122. The zero-order chi connectivity index (χ0) is 14.5. The van der Waals surface area contributed by atoms with Crippen LogP contribution in [0.4, 0.5) is 0 Å². The number of halogens is 1. The van der Waals surface area contributed by atoms with Crippen LogP contribution in [0.15, 0.2) is 28.7 Å². The molecule has 110 valence electrons. The van der Waals surface area contributed by atoms with Crippen molar-refractivity contribution in [1.82, 2.24) is 9.80 Å². The second-order valence-electron chi connectivity index (χ2n) is 5.14. The van der Waals surface area contributed by atoms with Gasteiger partial charge in [0.25, 0.3) is 5.91 Å². The van der Waals surface area contributed by atoms with Gasteiger partial charge in [-0.2, -0.15) is 0 Å². The van der Waals surface area contributed by atoms with Crippen molar-refractivity contribution in [2.75, 3.05) is 39.9 Å². The van der Waals surface area contributed by atoms with Crippen LogP contribution in [0.1, 0.15) is 17.3 Å². The Morgan fingerprint density at radius 1 is 1.25 bits per heavy atom. The van der Waals surface area contributed by atoms with Crippen LogP contribution in [0.25, 0.3) is 0 Å². The average Bonchev–Trinajstić information content (AvgIpc) is 2.48. The maximum atomic E-state index is 12.4. The molecule has 2 rings (SSSR count). The lowest BCUT2D eigenvalue weighted by atomic mass is 10.1. The number of hydrogen-bond donors (Lipinski definition) is 0. The van der Waals surface area contributed by atoms with Crippen molar-refractivity contribution in [3.63, 3.8) is 0 Å². The van der Waals surface area contributed by atoms with Crippen molar-refractivity contribution < 1.29 is 9.53 Å². The van der Waals surface area contributed by atoms with Gasteiger partial charge in [-0.25, -0.2) is 0 Å². The highest BCUT2D eigenvalue weighted by atomic mass is 79.9. The van der Waals surface area contributed by atoms with E-state index in [4.69, 9.17) is 4.74 Å². The van der Waals surface area contributed by atoms with Crippen LogP contribution < -0.4 is 0 Å². The molecule has 4 nitrogen and oxygen atoms in total. The third kappa shape index (κ3) is 3.81. The van der Waals surface area contributed by atoms with Gasteiger partial charge in [0.15, 0.2) is 0 Å². The summed E-state index contributed by atoms with van der Waals surface area (Å²) in [6.45, 7) is 6.28. The number of ether oxygens (including phenoxy) is 1. The van der Waals surface area contributed by atoms with Crippen LogP contribution in [-0.4, -0.2) is 61.6 Å². The van der Waals surface area contributed by atoms with Gasteiger partial charge in [0.2, 0.25) is 0 Å². The normalized spacial score (nSPS) is 18.1. The summed E-state index contributed by atoms with van der Waals surface area (Å²) in [6, 6.07) is 7.96. The number of benzene rings is 1. The summed E-state index contributed by atoms with van der Waals surface area (Å²) >= 11 is 3.39. The minimum Gasteiger partial charge on any atom is -0.383 e. The van der Waals surface area contributed by atoms with Crippen molar-refractivity contribution in [2.24, 2.45) is 0 Å². The first kappa shape index (κ1) is 15.5. The van der Waals surface area contributed by atoms with E-state index >= 15 is 0 Å². The lowest BCUT2D eigenvalue weighted by Crippen LogP contribution is -2.52. The van der Waals surface area contributed by atoms with Crippen molar-refractivity contribution in [3.05, 3.63) is 34.3 Å². The fourth-order valence-electron chi connectivity index (χ4n) is 2.49. The van der Waals surface area contributed by atoms with Crippen LogP contribution in [0.5, 0.6) is 0 Å². The van der Waals surface area contributed by atoms with E-state index in [1.165, 1.54) is 0 Å². The fourth-order valence-corrected chi connectivity index (χ4v) is 2.75. The Morgan fingerprint density at radius 3 is 2.40 bits per heavy atom. The molecule has 1 unspecified atom stereocenters. The van der Waals surface area contributed by atoms with Crippen LogP contribution in [0, 0.1) is 0 Å². The SMILES string of the molecule is COCC(C)N1CCN(C(=O)c2ccc(Br)cc2)CC1. The van der Waals surface area contributed by atoms with Crippen molar-refractivity contribution in [3.8, 4) is 0 Å². The summed E-state index contributed by atoms with van der Waals surface area (Å²) in [5.41, 5.74) is 0.756. The zero-order valence-electron chi connectivity index (χ0n) is 12.0. The van der Waals surface area contributed by atoms with Crippen molar-refractivity contribution in [2.45, 2.75) is 13.0 Å². The van der Waals surface area contributed by atoms with Gasteiger partial charge in [-0.05, 0) is 31.2 Å². The van der Waals surface area contributed by atoms with Gasteiger partial charge in [-0.15, -0.1) is 0 Å². The fraction of sp³-hybridized carbons (Fsp3) is 0.533. The molecule has 1 aromatic rings. The first-order valence-corrected chi connectivity index (χ1v) is 7.69. The smallest absolute Gasteiger partial charge is 0.253 e. The minimum atomic E-state index is 0.122. The van der Waals surface area contributed by atoms with Gasteiger partial charge in [0, 0.05) is 49.4 Å². The van der Waals surface area contributed by atoms with Gasteiger partial charge in [-0.3, -0.25) is 9.69 Å². The van der Waals surface area contributed by atoms with Crippen LogP contribution in [-0.2, 0) is 4.74 Å². The highest BCUT2D eigenvalue weighted by molar-refractivity contribution is 9.10. The first-order chi connectivity index (χ1) is 9.61. The summed E-state index contributed by atoms with van der Waals surface area (Å²) in [4.78, 5) is 16.7. The molecule has 1 saturated heterocycles. The Balaban J connectivity index is 1.90. The first-order valence-electron chi connectivity index (χ1n) is 6.89. The number of methoxy groups -OCH3 is 1. The van der Waals surface area contributed by atoms with Gasteiger partial charge in [0.05, 0.1) is 6.61 Å². The number of carbonyl (C=O) groups excluding carboxylic acids is 1. The van der Waals surface area contributed by atoms with Crippen molar-refractivity contribution in [1.29, 1.82) is 0 Å². The maximum Gasteiger partial charge on any atom is 0.253 e. The molecule has 1 heterocycles.